The number of esters is 4. The highest BCUT2D eigenvalue weighted by molar-refractivity contribution is 5.92. The molecule has 4 rings (SSSR count). The van der Waals surface area contributed by atoms with Crippen LogP contribution in [0.25, 0.3) is 0 Å². The fraction of sp³-hybridized carbons (Fsp3) is 0.429. The number of carbonyl (C=O) groups excluding carboxylic acids is 4. The molecule has 16 heteroatoms. The van der Waals surface area contributed by atoms with Crippen molar-refractivity contribution in [1.82, 2.24) is 0 Å². The molecule has 0 saturated heterocycles. The quantitative estimate of drug-likeness (QED) is 0.0390. The maximum Gasteiger partial charge on any atom is 0.338 e. The molecule has 0 N–H and O–H groups in total. The fourth-order valence-corrected chi connectivity index (χ4v) is 6.17. The summed E-state index contributed by atoms with van der Waals surface area (Å²) in [5.41, 5.74) is -1.30. The van der Waals surface area contributed by atoms with Gasteiger partial charge in [0.1, 0.15) is 31.8 Å². The van der Waals surface area contributed by atoms with Crippen molar-refractivity contribution >= 4 is 23.9 Å². The lowest BCUT2D eigenvalue weighted by Crippen LogP contribution is -2.44. The smallest absolute Gasteiger partial charge is 0.338 e. The topological polar surface area (TPSA) is 179 Å². The highest BCUT2D eigenvalue weighted by Crippen LogP contribution is 2.34. The van der Waals surface area contributed by atoms with E-state index >= 15 is 0 Å². The zero-order valence-electron chi connectivity index (χ0n) is 38.4. The largest absolute Gasteiger partial charge is 0.490 e. The summed E-state index contributed by atoms with van der Waals surface area (Å²) in [6.45, 7) is 14.8. The van der Waals surface area contributed by atoms with Gasteiger partial charge in [-0.15, -0.1) is 0 Å². The molecule has 0 aliphatic heterocycles. The zero-order chi connectivity index (χ0) is 47.2. The molecule has 0 radical (unpaired) electrons. The average molecular weight is 905 g/mol. The van der Waals surface area contributed by atoms with Gasteiger partial charge in [-0.3, -0.25) is 0 Å². The molecule has 0 heterocycles. The summed E-state index contributed by atoms with van der Waals surface area (Å²) in [5.74, 6) is -0.261. The van der Waals surface area contributed by atoms with Crippen LogP contribution in [0, 0.1) is 5.41 Å². The molecule has 0 aliphatic carbocycles. The molecule has 0 atom stereocenters. The Morgan fingerprint density at radius 3 is 0.677 bits per heavy atom. The number of hydrogen-bond donors (Lipinski definition) is 0. The van der Waals surface area contributed by atoms with Gasteiger partial charge in [0.15, 0.2) is 46.0 Å². The summed E-state index contributed by atoms with van der Waals surface area (Å²) in [4.78, 5) is 55.3. The van der Waals surface area contributed by atoms with Gasteiger partial charge in [0.2, 0.25) is 0 Å². The molecule has 0 fully saturated rings. The normalized spacial score (nSPS) is 10.8. The highest BCUT2D eigenvalue weighted by Gasteiger charge is 2.39. The summed E-state index contributed by atoms with van der Waals surface area (Å²) in [6.07, 6.45) is 0. The Morgan fingerprint density at radius 1 is 0.308 bits per heavy atom. The molecule has 16 nitrogen and oxygen atoms in total. The van der Waals surface area contributed by atoms with Crippen molar-refractivity contribution in [2.45, 2.75) is 55.4 Å². The van der Waals surface area contributed by atoms with Crippen molar-refractivity contribution in [2.75, 3.05) is 79.3 Å². The molecule has 0 unspecified atom stereocenters. The standard InChI is InChI=1S/C49H60O16/c1-9-54-37-21-17-33(25-41(37)58-13-5)45(50)62-29-49(30-63-46(51)34-18-22-38(55-10-2)42(26-34)59-14-6,31-64-47(52)35-19-23-39(56-11-3)43(27-35)60-15-7)32-65-48(53)36-20-24-40(57-12-4)44(28-36)61-16-8/h17-28H,9-16,29-32H2,1-8H3. The van der Waals surface area contributed by atoms with Crippen molar-refractivity contribution in [1.29, 1.82) is 0 Å². The van der Waals surface area contributed by atoms with Crippen molar-refractivity contribution in [3.8, 4) is 46.0 Å². The van der Waals surface area contributed by atoms with Crippen LogP contribution in [0.2, 0.25) is 0 Å². The van der Waals surface area contributed by atoms with E-state index in [0.29, 0.717) is 98.9 Å². The van der Waals surface area contributed by atoms with Crippen LogP contribution in [0.4, 0.5) is 0 Å². The Kier molecular flexibility index (Phi) is 20.4. The number of carbonyl (C=O) groups is 4. The highest BCUT2D eigenvalue weighted by atomic mass is 16.6. The predicted molar refractivity (Wildman–Crippen MR) is 239 cm³/mol. The number of benzene rings is 4. The first kappa shape index (κ1) is 50.8. The average Bonchev–Trinajstić information content (AvgIpc) is 3.31. The summed E-state index contributed by atoms with van der Waals surface area (Å²) in [7, 11) is 0. The van der Waals surface area contributed by atoms with Gasteiger partial charge >= 0.3 is 23.9 Å². The predicted octanol–water partition coefficient (Wildman–Crippen LogP) is 8.59. The summed E-state index contributed by atoms with van der Waals surface area (Å²) in [6, 6.07) is 18.2. The van der Waals surface area contributed by atoms with Crippen molar-refractivity contribution in [3.05, 3.63) is 95.1 Å². The van der Waals surface area contributed by atoms with Gasteiger partial charge in [-0.25, -0.2) is 19.2 Å². The first-order valence-corrected chi connectivity index (χ1v) is 21.8. The molecule has 0 spiro atoms. The first-order chi connectivity index (χ1) is 31.5. The Labute approximate surface area is 380 Å². The van der Waals surface area contributed by atoms with Gasteiger partial charge in [-0.2, -0.15) is 0 Å². The van der Waals surface area contributed by atoms with E-state index in [-0.39, 0.29) is 22.3 Å². The molecule has 65 heavy (non-hydrogen) atoms. The van der Waals surface area contributed by atoms with Crippen LogP contribution in [0.3, 0.4) is 0 Å². The molecule has 0 aromatic heterocycles. The Balaban J connectivity index is 1.76. The zero-order valence-corrected chi connectivity index (χ0v) is 38.4. The van der Waals surface area contributed by atoms with Crippen LogP contribution in [0.15, 0.2) is 72.8 Å². The van der Waals surface area contributed by atoms with Gasteiger partial charge in [0.25, 0.3) is 0 Å². The van der Waals surface area contributed by atoms with Crippen LogP contribution in [-0.4, -0.2) is 103 Å². The molecule has 0 bridgehead atoms. The Morgan fingerprint density at radius 2 is 0.492 bits per heavy atom. The molecule has 4 aromatic rings. The lowest BCUT2D eigenvalue weighted by atomic mass is 9.92. The summed E-state index contributed by atoms with van der Waals surface area (Å²) < 4.78 is 69.2. The van der Waals surface area contributed by atoms with Gasteiger partial charge in [-0.1, -0.05) is 0 Å². The van der Waals surface area contributed by atoms with E-state index in [2.05, 4.69) is 0 Å². The monoisotopic (exact) mass is 904 g/mol. The molecule has 4 aromatic carbocycles. The summed E-state index contributed by atoms with van der Waals surface area (Å²) in [5, 5.41) is 0. The van der Waals surface area contributed by atoms with Gasteiger partial charge < -0.3 is 56.8 Å². The second-order valence-electron chi connectivity index (χ2n) is 13.9. The summed E-state index contributed by atoms with van der Waals surface area (Å²) >= 11 is 0. The van der Waals surface area contributed by atoms with E-state index < -0.39 is 55.7 Å². The number of ether oxygens (including phenoxy) is 12. The maximum atomic E-state index is 13.8. The Bertz CT molecular complexity index is 1880. The van der Waals surface area contributed by atoms with Gasteiger partial charge in [-0.05, 0) is 128 Å². The lowest BCUT2D eigenvalue weighted by molar-refractivity contribution is -0.0642. The minimum absolute atomic E-state index is 0.102. The Hall–Kier alpha value is -6.84. The van der Waals surface area contributed by atoms with Crippen molar-refractivity contribution < 1.29 is 76.0 Å². The molecule has 0 aliphatic rings. The van der Waals surface area contributed by atoms with Gasteiger partial charge in [0, 0.05) is 0 Å². The van der Waals surface area contributed by atoms with Gasteiger partial charge in [0.05, 0.1) is 75.1 Å². The van der Waals surface area contributed by atoms with E-state index in [1.807, 2.05) is 27.7 Å². The maximum absolute atomic E-state index is 13.8. The second kappa shape index (κ2) is 26.1. The van der Waals surface area contributed by atoms with Crippen LogP contribution < -0.4 is 37.9 Å². The molecule has 352 valence electrons. The van der Waals surface area contributed by atoms with Crippen molar-refractivity contribution in [3.63, 3.8) is 0 Å². The van der Waals surface area contributed by atoms with E-state index in [9.17, 15) is 19.2 Å². The van der Waals surface area contributed by atoms with E-state index in [1.54, 1.807) is 52.0 Å². The molecular weight excluding hydrogens is 845 g/mol. The number of rotatable bonds is 28. The van der Waals surface area contributed by atoms with Crippen LogP contribution in [-0.2, 0) is 18.9 Å². The lowest BCUT2D eigenvalue weighted by Gasteiger charge is -2.31. The van der Waals surface area contributed by atoms with E-state index in [0.717, 1.165) is 0 Å². The molecule has 0 saturated carbocycles. The third-order valence-corrected chi connectivity index (χ3v) is 9.15. The van der Waals surface area contributed by atoms with Crippen molar-refractivity contribution in [2.24, 2.45) is 5.41 Å². The third kappa shape index (κ3) is 14.6. The van der Waals surface area contributed by atoms with Crippen LogP contribution in [0.5, 0.6) is 46.0 Å². The third-order valence-electron chi connectivity index (χ3n) is 9.15. The molecule has 0 amide bonds. The SMILES string of the molecule is CCOc1ccc(C(=O)OCC(COC(=O)c2ccc(OCC)c(OCC)c2)(COC(=O)c2ccc(OCC)c(OCC)c2)COC(=O)c2ccc(OCC)c(OCC)c2)cc1OCC. The van der Waals surface area contributed by atoms with E-state index in [1.165, 1.54) is 48.5 Å². The van der Waals surface area contributed by atoms with Crippen LogP contribution >= 0.6 is 0 Å². The molecular formula is C49H60O16. The van der Waals surface area contributed by atoms with Crippen LogP contribution in [0.1, 0.15) is 96.8 Å². The minimum atomic E-state index is -1.71. The minimum Gasteiger partial charge on any atom is -0.490 e. The first-order valence-electron chi connectivity index (χ1n) is 21.8. The fourth-order valence-electron chi connectivity index (χ4n) is 6.17. The second-order valence-corrected chi connectivity index (χ2v) is 13.9. The number of hydrogen-bond acceptors (Lipinski definition) is 16. The van der Waals surface area contributed by atoms with E-state index in [4.69, 9.17) is 56.8 Å².